The van der Waals surface area contributed by atoms with Gasteiger partial charge in [-0.05, 0) is 41.5 Å². The Morgan fingerprint density at radius 2 is 2.00 bits per heavy atom. The van der Waals surface area contributed by atoms with Crippen LogP contribution in [0.1, 0.15) is 15.3 Å². The number of fused-ring (bicyclic) bond motifs is 1. The predicted octanol–water partition coefficient (Wildman–Crippen LogP) is 4.86. The summed E-state index contributed by atoms with van der Waals surface area (Å²) in [5.41, 5.74) is 1.45. The summed E-state index contributed by atoms with van der Waals surface area (Å²) in [7, 11) is 0. The molecule has 3 aromatic rings. The van der Waals surface area contributed by atoms with Gasteiger partial charge in [0.05, 0.1) is 0 Å². The van der Waals surface area contributed by atoms with Crippen molar-refractivity contribution in [1.82, 2.24) is 0 Å². The molecule has 0 unspecified atom stereocenters. The number of hydrogen-bond donors (Lipinski definition) is 0. The van der Waals surface area contributed by atoms with Crippen molar-refractivity contribution >= 4 is 32.8 Å². The zero-order valence-corrected chi connectivity index (χ0v) is 10.7. The summed E-state index contributed by atoms with van der Waals surface area (Å²) in [5, 5.41) is 3.55. The Morgan fingerprint density at radius 1 is 1.06 bits per heavy atom. The number of hydrogen-bond acceptors (Lipinski definition) is 2. The summed E-state index contributed by atoms with van der Waals surface area (Å²) in [6.45, 7) is 2.17. The van der Waals surface area contributed by atoms with Crippen LogP contribution in [0.15, 0.2) is 41.8 Å². The van der Waals surface area contributed by atoms with E-state index in [-0.39, 0.29) is 0 Å². The van der Waals surface area contributed by atoms with E-state index in [2.05, 4.69) is 48.7 Å². The normalized spacial score (nSPS) is 11.1. The van der Waals surface area contributed by atoms with Crippen molar-refractivity contribution in [3.05, 3.63) is 57.1 Å². The molecule has 0 spiro atoms. The minimum absolute atomic E-state index is 1.07. The lowest BCUT2D eigenvalue weighted by Gasteiger charge is -2.00. The Labute approximate surface area is 103 Å². The van der Waals surface area contributed by atoms with Crippen molar-refractivity contribution in [2.24, 2.45) is 0 Å². The lowest BCUT2D eigenvalue weighted by molar-refractivity contribution is 1.28. The van der Waals surface area contributed by atoms with Crippen molar-refractivity contribution in [1.29, 1.82) is 0 Å². The maximum atomic E-state index is 2.24. The molecule has 80 valence electrons. The zero-order valence-electron chi connectivity index (χ0n) is 9.07. The Balaban J connectivity index is 2.03. The molecule has 3 rings (SSSR count). The molecule has 2 heterocycles. The number of benzene rings is 1. The first-order valence-corrected chi connectivity index (χ1v) is 7.03. The monoisotopic (exact) mass is 244 g/mol. The molecule has 0 N–H and O–H groups in total. The Hall–Kier alpha value is -1.12. The molecule has 0 nitrogen and oxygen atoms in total. The van der Waals surface area contributed by atoms with E-state index >= 15 is 0 Å². The number of rotatable bonds is 2. The average molecular weight is 244 g/mol. The smallest absolute Gasteiger partial charge is 0.0378 e. The first-order valence-electron chi connectivity index (χ1n) is 5.33. The van der Waals surface area contributed by atoms with Crippen LogP contribution in [0.25, 0.3) is 10.1 Å². The molecule has 2 heteroatoms. The molecule has 0 fully saturated rings. The highest BCUT2D eigenvalue weighted by Crippen LogP contribution is 2.28. The van der Waals surface area contributed by atoms with E-state index < -0.39 is 0 Å². The van der Waals surface area contributed by atoms with E-state index in [1.54, 1.807) is 0 Å². The summed E-state index contributed by atoms with van der Waals surface area (Å²) in [6, 6.07) is 13.2. The van der Waals surface area contributed by atoms with Crippen LogP contribution in [-0.2, 0) is 6.42 Å². The lowest BCUT2D eigenvalue weighted by atomic mass is 10.1. The molecular formula is C14H12S2. The van der Waals surface area contributed by atoms with Crippen LogP contribution >= 0.6 is 22.7 Å². The van der Waals surface area contributed by atoms with Gasteiger partial charge in [0.1, 0.15) is 0 Å². The Morgan fingerprint density at radius 3 is 2.81 bits per heavy atom. The highest BCUT2D eigenvalue weighted by atomic mass is 32.1. The van der Waals surface area contributed by atoms with Crippen molar-refractivity contribution in [2.75, 3.05) is 0 Å². The molecule has 1 aromatic carbocycles. The largest absolute Gasteiger partial charge is 0.145 e. The maximum Gasteiger partial charge on any atom is 0.0378 e. The van der Waals surface area contributed by atoms with E-state index in [4.69, 9.17) is 0 Å². The minimum Gasteiger partial charge on any atom is -0.145 e. The highest BCUT2D eigenvalue weighted by Gasteiger charge is 2.04. The third-order valence-electron chi connectivity index (χ3n) is 2.72. The topological polar surface area (TPSA) is 0 Å². The van der Waals surface area contributed by atoms with E-state index in [9.17, 15) is 0 Å². The third-order valence-corrected chi connectivity index (χ3v) is 4.73. The van der Waals surface area contributed by atoms with Crippen LogP contribution in [0.3, 0.4) is 0 Å². The molecule has 16 heavy (non-hydrogen) atoms. The lowest BCUT2D eigenvalue weighted by Crippen LogP contribution is -1.83. The molecule has 2 aromatic heterocycles. The molecule has 0 atom stereocenters. The second-order valence-electron chi connectivity index (χ2n) is 3.95. The summed E-state index contributed by atoms with van der Waals surface area (Å²) in [6.07, 6.45) is 1.07. The molecule has 0 saturated heterocycles. The predicted molar refractivity (Wildman–Crippen MR) is 73.7 cm³/mol. The van der Waals surface area contributed by atoms with Gasteiger partial charge >= 0.3 is 0 Å². The molecule has 0 aliphatic heterocycles. The molecule has 0 radical (unpaired) electrons. The summed E-state index contributed by atoms with van der Waals surface area (Å²) in [4.78, 5) is 2.85. The molecular weight excluding hydrogens is 232 g/mol. The minimum atomic E-state index is 1.07. The Bertz CT molecular complexity index is 616. The van der Waals surface area contributed by atoms with Gasteiger partial charge < -0.3 is 0 Å². The second kappa shape index (κ2) is 4.04. The summed E-state index contributed by atoms with van der Waals surface area (Å²) in [5.74, 6) is 0. The van der Waals surface area contributed by atoms with Crippen molar-refractivity contribution in [3.8, 4) is 0 Å². The van der Waals surface area contributed by atoms with Gasteiger partial charge in [-0.3, -0.25) is 0 Å². The SMILES string of the molecule is Cc1ccc(Cc2cccc3ccsc23)s1. The average Bonchev–Trinajstić information content (AvgIpc) is 2.87. The van der Waals surface area contributed by atoms with Gasteiger partial charge in [0.25, 0.3) is 0 Å². The number of aryl methyl sites for hydroxylation is 1. The summed E-state index contributed by atoms with van der Waals surface area (Å²) >= 11 is 3.74. The first kappa shape index (κ1) is 10.1. The Kier molecular flexibility index (Phi) is 2.54. The van der Waals surface area contributed by atoms with Crippen LogP contribution in [0.2, 0.25) is 0 Å². The van der Waals surface area contributed by atoms with Crippen molar-refractivity contribution in [2.45, 2.75) is 13.3 Å². The molecule has 0 aliphatic carbocycles. The molecule has 0 amide bonds. The van der Waals surface area contributed by atoms with Gasteiger partial charge in [0.15, 0.2) is 0 Å². The van der Waals surface area contributed by atoms with E-state index in [0.717, 1.165) is 6.42 Å². The molecule has 0 saturated carbocycles. The van der Waals surface area contributed by atoms with Crippen LogP contribution in [-0.4, -0.2) is 0 Å². The van der Waals surface area contributed by atoms with Crippen molar-refractivity contribution in [3.63, 3.8) is 0 Å². The molecule has 0 bridgehead atoms. The standard InChI is InChI=1S/C14H12S2/c1-10-5-6-13(16-10)9-12-4-2-3-11-7-8-15-14(11)12/h2-8H,9H2,1H3. The van der Waals surface area contributed by atoms with Crippen LogP contribution in [0.5, 0.6) is 0 Å². The van der Waals surface area contributed by atoms with E-state index in [1.165, 1.54) is 25.4 Å². The fraction of sp³-hybridized carbons (Fsp3) is 0.143. The fourth-order valence-electron chi connectivity index (χ4n) is 1.96. The van der Waals surface area contributed by atoms with Crippen LogP contribution < -0.4 is 0 Å². The molecule has 0 aliphatic rings. The number of thiophene rings is 2. The zero-order chi connectivity index (χ0) is 11.0. The fourth-order valence-corrected chi connectivity index (χ4v) is 3.79. The van der Waals surface area contributed by atoms with Crippen molar-refractivity contribution < 1.29 is 0 Å². The van der Waals surface area contributed by atoms with Gasteiger partial charge in [0, 0.05) is 20.9 Å². The highest BCUT2D eigenvalue weighted by molar-refractivity contribution is 7.17. The van der Waals surface area contributed by atoms with E-state index in [0.29, 0.717) is 0 Å². The van der Waals surface area contributed by atoms with Gasteiger partial charge in [-0.25, -0.2) is 0 Å². The van der Waals surface area contributed by atoms with Gasteiger partial charge in [-0.2, -0.15) is 0 Å². The van der Waals surface area contributed by atoms with Gasteiger partial charge in [-0.15, -0.1) is 22.7 Å². The first-order chi connectivity index (χ1) is 7.83. The van der Waals surface area contributed by atoms with Gasteiger partial charge in [-0.1, -0.05) is 18.2 Å². The van der Waals surface area contributed by atoms with Gasteiger partial charge in [0.2, 0.25) is 0 Å². The maximum absolute atomic E-state index is 2.24. The van der Waals surface area contributed by atoms with Crippen LogP contribution in [0.4, 0.5) is 0 Å². The van der Waals surface area contributed by atoms with Crippen LogP contribution in [0, 0.1) is 6.92 Å². The third kappa shape index (κ3) is 1.79. The second-order valence-corrected chi connectivity index (χ2v) is 6.23. The quantitative estimate of drug-likeness (QED) is 0.604. The van der Waals surface area contributed by atoms with E-state index in [1.807, 2.05) is 22.7 Å². The summed E-state index contributed by atoms with van der Waals surface area (Å²) < 4.78 is 1.44.